The molecule has 1 atom stereocenters. The number of benzene rings is 1. The van der Waals surface area contributed by atoms with Gasteiger partial charge in [0.05, 0.1) is 0 Å². The van der Waals surface area contributed by atoms with Crippen molar-refractivity contribution >= 4 is 34.7 Å². The maximum absolute atomic E-state index is 12.3. The molecule has 0 bridgehead atoms. The van der Waals surface area contributed by atoms with Gasteiger partial charge in [-0.15, -0.1) is 0 Å². The van der Waals surface area contributed by atoms with Crippen molar-refractivity contribution in [2.75, 3.05) is 11.4 Å². The Morgan fingerprint density at radius 3 is 2.50 bits per heavy atom. The third kappa shape index (κ3) is 3.30. The predicted octanol–water partition coefficient (Wildman–Crippen LogP) is 1.75. The third-order valence-corrected chi connectivity index (χ3v) is 4.70. The van der Waals surface area contributed by atoms with Crippen LogP contribution in [0.3, 0.4) is 0 Å². The lowest BCUT2D eigenvalue weighted by Crippen LogP contribution is -2.37. The molecule has 2 aromatic rings. The Balaban J connectivity index is 1.79. The van der Waals surface area contributed by atoms with E-state index in [4.69, 9.17) is 11.5 Å². The summed E-state index contributed by atoms with van der Waals surface area (Å²) in [7, 11) is 0. The van der Waals surface area contributed by atoms with Crippen molar-refractivity contribution in [3.63, 3.8) is 0 Å². The molecule has 0 radical (unpaired) electrons. The van der Waals surface area contributed by atoms with Crippen molar-refractivity contribution < 1.29 is 9.59 Å². The minimum Gasteiger partial charge on any atom is -0.370 e. The molecule has 24 heavy (non-hydrogen) atoms. The molecule has 7 heteroatoms. The van der Waals surface area contributed by atoms with E-state index in [1.165, 1.54) is 11.3 Å². The fraction of sp³-hybridized carbons (Fsp3) is 0.235. The quantitative estimate of drug-likeness (QED) is 0.501. The molecule has 6 nitrogen and oxygen atoms in total. The summed E-state index contributed by atoms with van der Waals surface area (Å²) >= 11 is 1.50. The topological polar surface area (TPSA) is 102 Å². The van der Waals surface area contributed by atoms with Crippen LogP contribution in [0.2, 0.25) is 0 Å². The minimum atomic E-state index is -0.356. The van der Waals surface area contributed by atoms with Crippen molar-refractivity contribution in [2.45, 2.75) is 18.9 Å². The first kappa shape index (κ1) is 16.2. The number of carbonyl (C=O) groups is 2. The normalized spacial score (nSPS) is 16.8. The fourth-order valence-electron chi connectivity index (χ4n) is 2.90. The highest BCUT2D eigenvalue weighted by atomic mass is 32.1. The van der Waals surface area contributed by atoms with E-state index < -0.39 is 0 Å². The van der Waals surface area contributed by atoms with Gasteiger partial charge in [0.2, 0.25) is 0 Å². The number of hydrogen-bond acceptors (Lipinski definition) is 4. The summed E-state index contributed by atoms with van der Waals surface area (Å²) < 4.78 is 0. The number of anilines is 1. The molecular weight excluding hydrogens is 324 g/mol. The van der Waals surface area contributed by atoms with Crippen LogP contribution < -0.4 is 16.4 Å². The molecule has 1 aliphatic heterocycles. The molecule has 1 aromatic carbocycles. The SMILES string of the molecule is NC(N)=NC(=O)[C@H]1CCCN1c1ccc(C(=O)c2ccsc2)cc1. The number of hydrogen-bond donors (Lipinski definition) is 2. The molecule has 124 valence electrons. The number of thiophene rings is 1. The second kappa shape index (κ2) is 6.84. The second-order valence-corrected chi connectivity index (χ2v) is 6.39. The van der Waals surface area contributed by atoms with Gasteiger partial charge in [-0.2, -0.15) is 16.3 Å². The van der Waals surface area contributed by atoms with E-state index in [-0.39, 0.29) is 23.7 Å². The zero-order valence-corrected chi connectivity index (χ0v) is 13.8. The number of nitrogens with two attached hydrogens (primary N) is 2. The van der Waals surface area contributed by atoms with Crippen LogP contribution in [0.25, 0.3) is 0 Å². The summed E-state index contributed by atoms with van der Waals surface area (Å²) in [6.07, 6.45) is 1.61. The summed E-state index contributed by atoms with van der Waals surface area (Å²) in [6, 6.07) is 8.75. The Hall–Kier alpha value is -2.67. The van der Waals surface area contributed by atoms with Crippen LogP contribution in [-0.2, 0) is 4.79 Å². The van der Waals surface area contributed by atoms with Crippen molar-refractivity contribution in [1.29, 1.82) is 0 Å². The molecule has 0 aliphatic carbocycles. The molecule has 0 saturated carbocycles. The van der Waals surface area contributed by atoms with Crippen LogP contribution in [-0.4, -0.2) is 30.2 Å². The van der Waals surface area contributed by atoms with Gasteiger partial charge in [0.15, 0.2) is 11.7 Å². The summed E-state index contributed by atoms with van der Waals surface area (Å²) in [4.78, 5) is 30.1. The van der Waals surface area contributed by atoms with E-state index in [1.54, 1.807) is 12.1 Å². The van der Waals surface area contributed by atoms with Gasteiger partial charge in [-0.3, -0.25) is 9.59 Å². The maximum Gasteiger partial charge on any atom is 0.271 e. The van der Waals surface area contributed by atoms with Gasteiger partial charge >= 0.3 is 0 Å². The van der Waals surface area contributed by atoms with E-state index in [9.17, 15) is 9.59 Å². The number of guanidine groups is 1. The molecule has 2 heterocycles. The van der Waals surface area contributed by atoms with Gasteiger partial charge < -0.3 is 16.4 Å². The van der Waals surface area contributed by atoms with Gasteiger partial charge in [-0.05, 0) is 48.6 Å². The van der Waals surface area contributed by atoms with Crippen LogP contribution in [0.5, 0.6) is 0 Å². The van der Waals surface area contributed by atoms with Crippen molar-refractivity contribution in [2.24, 2.45) is 16.5 Å². The van der Waals surface area contributed by atoms with Crippen molar-refractivity contribution in [1.82, 2.24) is 0 Å². The Labute approximate surface area is 143 Å². The summed E-state index contributed by atoms with van der Waals surface area (Å²) in [5, 5.41) is 3.71. The van der Waals surface area contributed by atoms with Crippen LogP contribution in [0, 0.1) is 0 Å². The van der Waals surface area contributed by atoms with E-state index >= 15 is 0 Å². The molecule has 1 aromatic heterocycles. The van der Waals surface area contributed by atoms with E-state index in [0.29, 0.717) is 17.5 Å². The number of nitrogens with zero attached hydrogens (tertiary/aromatic N) is 2. The van der Waals surface area contributed by atoms with Gasteiger partial charge in [-0.25, -0.2) is 0 Å². The number of carbonyl (C=O) groups excluding carboxylic acids is 2. The summed E-state index contributed by atoms with van der Waals surface area (Å²) in [6.45, 7) is 0.758. The van der Waals surface area contributed by atoms with Gasteiger partial charge in [0.1, 0.15) is 6.04 Å². The second-order valence-electron chi connectivity index (χ2n) is 5.61. The molecule has 3 rings (SSSR count). The minimum absolute atomic E-state index is 0.00245. The van der Waals surface area contributed by atoms with Crippen molar-refractivity contribution in [3.05, 3.63) is 52.2 Å². The predicted molar refractivity (Wildman–Crippen MR) is 95.4 cm³/mol. The van der Waals surface area contributed by atoms with Gasteiger partial charge in [0, 0.05) is 28.7 Å². The van der Waals surface area contributed by atoms with Gasteiger partial charge in [-0.1, -0.05) is 0 Å². The van der Waals surface area contributed by atoms with E-state index in [1.807, 2.05) is 33.9 Å². The average molecular weight is 342 g/mol. The van der Waals surface area contributed by atoms with E-state index in [2.05, 4.69) is 4.99 Å². The first-order chi connectivity index (χ1) is 11.6. The molecule has 1 fully saturated rings. The molecule has 1 aliphatic rings. The van der Waals surface area contributed by atoms with Crippen LogP contribution in [0.1, 0.15) is 28.8 Å². The Bertz CT molecular complexity index is 764. The first-order valence-corrected chi connectivity index (χ1v) is 8.57. The zero-order valence-electron chi connectivity index (χ0n) is 13.0. The largest absolute Gasteiger partial charge is 0.370 e. The van der Waals surface area contributed by atoms with Gasteiger partial charge in [0.25, 0.3) is 5.91 Å². The number of ketones is 1. The fourth-order valence-corrected chi connectivity index (χ4v) is 3.53. The Morgan fingerprint density at radius 2 is 1.88 bits per heavy atom. The smallest absolute Gasteiger partial charge is 0.271 e. The summed E-state index contributed by atoms with van der Waals surface area (Å²) in [5.74, 6) is -0.549. The lowest BCUT2D eigenvalue weighted by Gasteiger charge is -2.24. The number of rotatable bonds is 4. The van der Waals surface area contributed by atoms with Crippen LogP contribution in [0.4, 0.5) is 5.69 Å². The highest BCUT2D eigenvalue weighted by molar-refractivity contribution is 7.08. The molecule has 0 spiro atoms. The summed E-state index contributed by atoms with van der Waals surface area (Å²) in [5.41, 5.74) is 12.8. The molecule has 1 amide bonds. The third-order valence-electron chi connectivity index (χ3n) is 4.02. The Kier molecular flexibility index (Phi) is 4.61. The monoisotopic (exact) mass is 342 g/mol. The standard InChI is InChI=1S/C17H18N4O2S/c18-17(19)20-16(23)14-2-1-8-21(14)13-5-3-11(4-6-13)15(22)12-7-9-24-10-12/h3-7,9-10,14H,1-2,8H2,(H4,18,19,20,23)/t14-/m1/s1. The lowest BCUT2D eigenvalue weighted by molar-refractivity contribution is -0.118. The molecular formula is C17H18N4O2S. The van der Waals surface area contributed by atoms with Crippen LogP contribution >= 0.6 is 11.3 Å². The number of amides is 1. The average Bonchev–Trinajstić information content (AvgIpc) is 3.25. The maximum atomic E-state index is 12.3. The lowest BCUT2D eigenvalue weighted by atomic mass is 10.1. The van der Waals surface area contributed by atoms with E-state index in [0.717, 1.165) is 18.7 Å². The zero-order chi connectivity index (χ0) is 17.1. The molecule has 1 saturated heterocycles. The number of aliphatic imine (C=N–C) groups is 1. The first-order valence-electron chi connectivity index (χ1n) is 7.63. The molecule has 4 N–H and O–H groups in total. The molecule has 0 unspecified atom stereocenters. The Morgan fingerprint density at radius 1 is 1.12 bits per heavy atom. The highest BCUT2D eigenvalue weighted by Crippen LogP contribution is 2.27. The van der Waals surface area contributed by atoms with Crippen LogP contribution in [0.15, 0.2) is 46.1 Å². The highest BCUT2D eigenvalue weighted by Gasteiger charge is 2.30. The van der Waals surface area contributed by atoms with Crippen molar-refractivity contribution in [3.8, 4) is 0 Å².